The molecule has 0 aliphatic carbocycles. The predicted molar refractivity (Wildman–Crippen MR) is 68.7 cm³/mol. The number of carbonyl (C=O) groups excluding carboxylic acids is 4. The van der Waals surface area contributed by atoms with Crippen LogP contribution in [0.15, 0.2) is 17.1 Å². The molecule has 0 aromatic rings. The van der Waals surface area contributed by atoms with Crippen molar-refractivity contribution in [1.82, 2.24) is 0 Å². The maximum absolute atomic E-state index is 12.0. The number of nitrogens with zero attached hydrogens (tertiary/aromatic N) is 1. The molecule has 1 rings (SSSR count). The van der Waals surface area contributed by atoms with Crippen molar-refractivity contribution in [3.8, 4) is 0 Å². The fraction of sp³-hybridized carbons (Fsp3) is 0.462. The van der Waals surface area contributed by atoms with Gasteiger partial charge in [0.2, 0.25) is 5.54 Å². The predicted octanol–water partition coefficient (Wildman–Crippen LogP) is 0.139. The van der Waals surface area contributed by atoms with Crippen LogP contribution < -0.4 is 5.73 Å². The third-order valence-corrected chi connectivity index (χ3v) is 2.95. The van der Waals surface area contributed by atoms with Crippen LogP contribution in [0.5, 0.6) is 0 Å². The van der Waals surface area contributed by atoms with Crippen molar-refractivity contribution in [1.29, 1.82) is 0 Å². The number of ketones is 3. The third kappa shape index (κ3) is 3.43. The summed E-state index contributed by atoms with van der Waals surface area (Å²) in [4.78, 5) is 48.9. The number of hydrogen-bond donors (Lipinski definition) is 1. The van der Waals surface area contributed by atoms with Crippen LogP contribution >= 0.6 is 0 Å². The number of rotatable bonds is 8. The van der Waals surface area contributed by atoms with E-state index < -0.39 is 23.0 Å². The fourth-order valence-electron chi connectivity index (χ4n) is 1.77. The van der Waals surface area contributed by atoms with Gasteiger partial charge in [-0.25, -0.2) is 0 Å². The summed E-state index contributed by atoms with van der Waals surface area (Å²) in [7, 11) is 0. The number of aliphatic imine (C=N–C) groups is 1. The van der Waals surface area contributed by atoms with Gasteiger partial charge in [-0.2, -0.15) is 0 Å². The summed E-state index contributed by atoms with van der Waals surface area (Å²) < 4.78 is 0. The summed E-state index contributed by atoms with van der Waals surface area (Å²) in [5.41, 5.74) is 3.62. The molecular weight excluding hydrogens is 248 g/mol. The van der Waals surface area contributed by atoms with Gasteiger partial charge in [0.05, 0.1) is 0 Å². The average Bonchev–Trinajstić information content (AvgIpc) is 2.84. The van der Waals surface area contributed by atoms with E-state index in [1.165, 1.54) is 25.3 Å². The Hall–Kier alpha value is -2.11. The number of carbonyl (C=O) groups is 4. The van der Waals surface area contributed by atoms with Crippen molar-refractivity contribution >= 4 is 29.5 Å². The van der Waals surface area contributed by atoms with E-state index in [4.69, 9.17) is 5.73 Å². The second kappa shape index (κ2) is 6.17. The van der Waals surface area contributed by atoms with Gasteiger partial charge in [-0.15, -0.1) is 0 Å². The first-order chi connectivity index (χ1) is 8.90. The topological polar surface area (TPSA) is 107 Å². The quantitative estimate of drug-likeness (QED) is 0.382. The van der Waals surface area contributed by atoms with Crippen LogP contribution in [0.3, 0.4) is 0 Å². The summed E-state index contributed by atoms with van der Waals surface area (Å²) in [6.07, 6.45) is 5.28. The lowest BCUT2D eigenvalue weighted by Gasteiger charge is -2.18. The largest absolute Gasteiger partial charge is 0.367 e. The number of allylic oxidation sites excluding steroid dienone is 1. The first kappa shape index (κ1) is 14.9. The van der Waals surface area contributed by atoms with Gasteiger partial charge in [-0.1, -0.05) is 0 Å². The van der Waals surface area contributed by atoms with E-state index in [0.29, 0.717) is 12.8 Å². The molecule has 6 heteroatoms. The van der Waals surface area contributed by atoms with Gasteiger partial charge in [0.15, 0.2) is 17.3 Å². The Labute approximate surface area is 110 Å². The molecule has 1 heterocycles. The van der Waals surface area contributed by atoms with Crippen molar-refractivity contribution in [3.63, 3.8) is 0 Å². The molecule has 0 saturated heterocycles. The smallest absolute Gasteiger partial charge is 0.257 e. The maximum atomic E-state index is 12.0. The second-order valence-corrected chi connectivity index (χ2v) is 4.38. The minimum atomic E-state index is -1.58. The molecule has 19 heavy (non-hydrogen) atoms. The fourth-order valence-corrected chi connectivity index (χ4v) is 1.77. The van der Waals surface area contributed by atoms with Crippen LogP contribution in [0.25, 0.3) is 0 Å². The molecule has 1 unspecified atom stereocenters. The van der Waals surface area contributed by atoms with Crippen molar-refractivity contribution in [3.05, 3.63) is 12.2 Å². The molecule has 0 saturated carbocycles. The van der Waals surface area contributed by atoms with Crippen molar-refractivity contribution < 1.29 is 19.2 Å². The van der Waals surface area contributed by atoms with Gasteiger partial charge >= 0.3 is 0 Å². The Kier molecular flexibility index (Phi) is 4.86. The minimum absolute atomic E-state index is 0.0931. The highest BCUT2D eigenvalue weighted by Crippen LogP contribution is 2.21. The zero-order chi connectivity index (χ0) is 14.5. The van der Waals surface area contributed by atoms with Crippen LogP contribution in [0.2, 0.25) is 0 Å². The highest BCUT2D eigenvalue weighted by molar-refractivity contribution is 6.36. The lowest BCUT2D eigenvalue weighted by molar-refractivity contribution is -0.135. The van der Waals surface area contributed by atoms with E-state index >= 15 is 0 Å². The van der Waals surface area contributed by atoms with E-state index in [1.807, 2.05) is 0 Å². The van der Waals surface area contributed by atoms with Gasteiger partial charge in [-0.05, 0) is 25.0 Å². The van der Waals surface area contributed by atoms with Crippen LogP contribution in [0, 0.1) is 0 Å². The molecule has 6 nitrogen and oxygen atoms in total. The van der Waals surface area contributed by atoms with Gasteiger partial charge in [0.1, 0.15) is 0 Å². The molecular formula is C13H16N2O4. The summed E-state index contributed by atoms with van der Waals surface area (Å²) >= 11 is 0. The molecule has 102 valence electrons. The lowest BCUT2D eigenvalue weighted by atomic mass is 9.91. The summed E-state index contributed by atoms with van der Waals surface area (Å²) in [6, 6.07) is 0. The van der Waals surface area contributed by atoms with Crippen LogP contribution in [0.1, 0.15) is 32.6 Å². The van der Waals surface area contributed by atoms with Crippen molar-refractivity contribution in [2.75, 3.05) is 0 Å². The van der Waals surface area contributed by atoms with E-state index in [9.17, 15) is 19.2 Å². The van der Waals surface area contributed by atoms with Gasteiger partial charge in [-0.3, -0.25) is 24.2 Å². The summed E-state index contributed by atoms with van der Waals surface area (Å²) in [5.74, 6) is -2.12. The third-order valence-electron chi connectivity index (χ3n) is 2.95. The monoisotopic (exact) mass is 264 g/mol. The highest BCUT2D eigenvalue weighted by atomic mass is 16.2. The van der Waals surface area contributed by atoms with Crippen LogP contribution in [-0.4, -0.2) is 35.0 Å². The number of Topliss-reactive ketones (excluding diaryl/α,β-unsaturated/α-hetero) is 3. The Morgan fingerprint density at radius 2 is 1.79 bits per heavy atom. The summed E-state index contributed by atoms with van der Waals surface area (Å²) in [6.45, 7) is 1.22. The molecule has 0 bridgehead atoms. The molecule has 0 spiro atoms. The average molecular weight is 264 g/mol. The van der Waals surface area contributed by atoms with Crippen LogP contribution in [0.4, 0.5) is 0 Å². The van der Waals surface area contributed by atoms with Gasteiger partial charge < -0.3 is 5.73 Å². The molecule has 2 N–H and O–H groups in total. The van der Waals surface area contributed by atoms with Gasteiger partial charge in [0.25, 0.3) is 5.91 Å². The molecule has 0 aromatic carbocycles. The molecule has 1 atom stereocenters. The molecule has 0 radical (unpaired) electrons. The molecule has 0 fully saturated rings. The molecule has 1 aliphatic rings. The Bertz CT molecular complexity index is 465. The normalized spacial score (nSPS) is 20.5. The van der Waals surface area contributed by atoms with E-state index in [1.54, 1.807) is 0 Å². The molecule has 1 amide bonds. The van der Waals surface area contributed by atoms with E-state index in [2.05, 4.69) is 4.99 Å². The first-order valence-corrected chi connectivity index (χ1v) is 6.00. The number of hydrogen-bond acceptors (Lipinski definition) is 5. The SMILES string of the molecule is CC(=O)C(=O)CCCCC(=O)C1(C(N)=O)C=CC=N1. The number of primary amides is 1. The van der Waals surface area contributed by atoms with E-state index in [-0.39, 0.29) is 18.6 Å². The molecule has 1 aliphatic heterocycles. The number of amides is 1. The lowest BCUT2D eigenvalue weighted by Crippen LogP contribution is -2.46. The van der Waals surface area contributed by atoms with Crippen LogP contribution in [-0.2, 0) is 19.2 Å². The Balaban J connectivity index is 2.46. The Morgan fingerprint density at radius 3 is 2.26 bits per heavy atom. The standard InChI is InChI=1S/C13H16N2O4/c1-9(16)10(17)5-2-3-6-11(18)13(12(14)19)7-4-8-15-13/h4,7-8H,2-3,5-6H2,1H3,(H2,14,19). The minimum Gasteiger partial charge on any atom is -0.367 e. The zero-order valence-corrected chi connectivity index (χ0v) is 10.7. The molecule has 0 aromatic heterocycles. The zero-order valence-electron chi connectivity index (χ0n) is 10.7. The maximum Gasteiger partial charge on any atom is 0.257 e. The van der Waals surface area contributed by atoms with E-state index in [0.717, 1.165) is 0 Å². The number of unbranched alkanes of at least 4 members (excludes halogenated alkanes) is 1. The Morgan fingerprint density at radius 1 is 1.16 bits per heavy atom. The first-order valence-electron chi connectivity index (χ1n) is 6.00. The highest BCUT2D eigenvalue weighted by Gasteiger charge is 2.41. The van der Waals surface area contributed by atoms with Crippen molar-refractivity contribution in [2.45, 2.75) is 38.1 Å². The van der Waals surface area contributed by atoms with Crippen molar-refractivity contribution in [2.24, 2.45) is 10.7 Å². The second-order valence-electron chi connectivity index (χ2n) is 4.38. The van der Waals surface area contributed by atoms with Gasteiger partial charge in [0, 0.05) is 26.0 Å². The summed E-state index contributed by atoms with van der Waals surface area (Å²) in [5, 5.41) is 0. The number of nitrogens with two attached hydrogens (primary N) is 1.